The van der Waals surface area contributed by atoms with Gasteiger partial charge in [-0.1, -0.05) is 38.5 Å². The van der Waals surface area contributed by atoms with Crippen molar-refractivity contribution >= 4 is 5.97 Å². The lowest BCUT2D eigenvalue weighted by molar-refractivity contribution is -0.133. The number of aliphatic carboxylic acids is 1. The van der Waals surface area contributed by atoms with Gasteiger partial charge in [-0.2, -0.15) is 0 Å². The Hall–Kier alpha value is -1.77. The Morgan fingerprint density at radius 3 is 2.61 bits per heavy atom. The third kappa shape index (κ3) is 2.29. The van der Waals surface area contributed by atoms with Crippen LogP contribution in [0.4, 0.5) is 0 Å². The molecule has 1 aromatic carbocycles. The Labute approximate surface area is 138 Å². The van der Waals surface area contributed by atoms with Crippen molar-refractivity contribution in [2.24, 2.45) is 5.92 Å². The molecule has 1 unspecified atom stereocenters. The molecule has 2 aliphatic rings. The molecule has 23 heavy (non-hydrogen) atoms. The first-order valence-corrected chi connectivity index (χ1v) is 8.55. The van der Waals surface area contributed by atoms with E-state index in [-0.39, 0.29) is 11.3 Å². The van der Waals surface area contributed by atoms with Crippen LogP contribution in [0.2, 0.25) is 0 Å². The van der Waals surface area contributed by atoms with E-state index in [4.69, 9.17) is 0 Å². The van der Waals surface area contributed by atoms with Gasteiger partial charge < -0.3 is 10.2 Å². The van der Waals surface area contributed by atoms with Gasteiger partial charge in [0.25, 0.3) is 0 Å². The van der Waals surface area contributed by atoms with Gasteiger partial charge in [-0.25, -0.2) is 4.79 Å². The van der Waals surface area contributed by atoms with Crippen molar-refractivity contribution < 1.29 is 15.0 Å². The number of hydrogen-bond acceptors (Lipinski definition) is 2. The van der Waals surface area contributed by atoms with Gasteiger partial charge in [-0.05, 0) is 66.5 Å². The lowest BCUT2D eigenvalue weighted by Crippen LogP contribution is -2.41. The summed E-state index contributed by atoms with van der Waals surface area (Å²) in [6.07, 6.45) is 3.19. The maximum absolute atomic E-state index is 11.5. The van der Waals surface area contributed by atoms with E-state index in [0.717, 1.165) is 36.0 Å². The highest BCUT2D eigenvalue weighted by Crippen LogP contribution is 2.53. The minimum absolute atomic E-state index is 0.0659. The molecule has 0 fully saturated rings. The molecule has 3 rings (SSSR count). The average molecular weight is 314 g/mol. The predicted molar refractivity (Wildman–Crippen MR) is 90.9 cm³/mol. The molecule has 0 radical (unpaired) electrons. The van der Waals surface area contributed by atoms with E-state index in [1.54, 1.807) is 0 Å². The van der Waals surface area contributed by atoms with Gasteiger partial charge >= 0.3 is 5.97 Å². The quantitative estimate of drug-likeness (QED) is 0.843. The van der Waals surface area contributed by atoms with Crippen LogP contribution in [0.15, 0.2) is 23.3 Å². The molecule has 0 saturated heterocycles. The second-order valence-corrected chi connectivity index (χ2v) is 7.66. The minimum Gasteiger partial charge on any atom is -0.507 e. The Kier molecular flexibility index (Phi) is 3.78. The summed E-state index contributed by atoms with van der Waals surface area (Å²) in [7, 11) is 0. The zero-order valence-electron chi connectivity index (χ0n) is 14.4. The summed E-state index contributed by atoms with van der Waals surface area (Å²) in [5.74, 6) is 0.257. The number of carbonyl (C=O) groups is 1. The lowest BCUT2D eigenvalue weighted by atomic mass is 9.56. The van der Waals surface area contributed by atoms with E-state index in [0.29, 0.717) is 23.7 Å². The van der Waals surface area contributed by atoms with Crippen molar-refractivity contribution in [1.82, 2.24) is 0 Å². The summed E-state index contributed by atoms with van der Waals surface area (Å²) in [4.78, 5) is 11.5. The highest BCUT2D eigenvalue weighted by atomic mass is 16.4. The van der Waals surface area contributed by atoms with Gasteiger partial charge in [0.05, 0.1) is 0 Å². The average Bonchev–Trinajstić information content (AvgIpc) is 2.47. The number of fused-ring (bicyclic) bond motifs is 3. The normalized spacial score (nSPS) is 26.9. The molecule has 3 nitrogen and oxygen atoms in total. The maximum Gasteiger partial charge on any atom is 0.331 e. The van der Waals surface area contributed by atoms with E-state index in [1.807, 2.05) is 6.92 Å². The Bertz CT molecular complexity index is 699. The zero-order valence-corrected chi connectivity index (χ0v) is 14.4. The van der Waals surface area contributed by atoms with Crippen LogP contribution >= 0.6 is 0 Å². The smallest absolute Gasteiger partial charge is 0.331 e. The molecule has 2 aliphatic carbocycles. The number of allylic oxidation sites excluding steroid dienone is 1. The highest BCUT2D eigenvalue weighted by molar-refractivity contribution is 5.88. The Morgan fingerprint density at radius 1 is 1.30 bits per heavy atom. The van der Waals surface area contributed by atoms with Gasteiger partial charge in [0.1, 0.15) is 5.75 Å². The molecule has 0 saturated carbocycles. The van der Waals surface area contributed by atoms with Crippen molar-refractivity contribution in [3.05, 3.63) is 40.0 Å². The molecule has 2 atom stereocenters. The van der Waals surface area contributed by atoms with E-state index in [9.17, 15) is 15.0 Å². The number of hydrogen-bond donors (Lipinski definition) is 2. The summed E-state index contributed by atoms with van der Waals surface area (Å²) in [5, 5.41) is 20.1. The lowest BCUT2D eigenvalue weighted by Gasteiger charge is -2.47. The molecule has 0 spiro atoms. The van der Waals surface area contributed by atoms with Crippen LogP contribution in [0.5, 0.6) is 5.75 Å². The van der Waals surface area contributed by atoms with Crippen LogP contribution < -0.4 is 0 Å². The summed E-state index contributed by atoms with van der Waals surface area (Å²) < 4.78 is 0. The molecular formula is C20H26O3. The van der Waals surface area contributed by atoms with Gasteiger partial charge in [0.15, 0.2) is 0 Å². The number of phenolic OH excluding ortho intramolecular Hbond substituents is 1. The predicted octanol–water partition coefficient (Wildman–Crippen LogP) is 4.53. The molecular weight excluding hydrogens is 288 g/mol. The summed E-state index contributed by atoms with van der Waals surface area (Å²) in [6, 6.07) is 4.23. The van der Waals surface area contributed by atoms with Gasteiger partial charge in [0.2, 0.25) is 0 Å². The van der Waals surface area contributed by atoms with E-state index >= 15 is 0 Å². The van der Waals surface area contributed by atoms with E-state index in [2.05, 4.69) is 32.9 Å². The fourth-order valence-electron chi connectivity index (χ4n) is 4.77. The van der Waals surface area contributed by atoms with Gasteiger partial charge in [-0.15, -0.1) is 0 Å². The summed E-state index contributed by atoms with van der Waals surface area (Å²) in [5.41, 5.74) is 4.88. The molecule has 0 heterocycles. The Balaban J connectivity index is 2.12. The van der Waals surface area contributed by atoms with Gasteiger partial charge in [-0.3, -0.25) is 0 Å². The van der Waals surface area contributed by atoms with Crippen LogP contribution in [0.1, 0.15) is 69.6 Å². The van der Waals surface area contributed by atoms with Crippen molar-refractivity contribution in [3.8, 4) is 5.75 Å². The summed E-state index contributed by atoms with van der Waals surface area (Å²) in [6.45, 7) is 8.42. The van der Waals surface area contributed by atoms with E-state index in [1.165, 1.54) is 5.56 Å². The Morgan fingerprint density at radius 2 is 2.00 bits per heavy atom. The van der Waals surface area contributed by atoms with Gasteiger partial charge in [0, 0.05) is 5.57 Å². The SMILES string of the molecule is CC1=C(C(=O)O)CC[C@]2(C)c3ccc(C(C)C)c(O)c3CCC12. The standard InChI is InChI=1S/C20H26O3/c1-11(2)13-5-8-17-15(18(13)21)6-7-16-12(3)14(19(22)23)9-10-20(16,17)4/h5,8,11,16,21H,6-7,9-10H2,1-4H3,(H,22,23)/t16?,20-/m0/s1. The number of aromatic hydroxyl groups is 1. The molecule has 0 aliphatic heterocycles. The summed E-state index contributed by atoms with van der Waals surface area (Å²) >= 11 is 0. The second kappa shape index (κ2) is 5.40. The van der Waals surface area contributed by atoms with Crippen LogP contribution in [0.25, 0.3) is 0 Å². The topological polar surface area (TPSA) is 57.5 Å². The molecule has 3 heteroatoms. The second-order valence-electron chi connectivity index (χ2n) is 7.66. The first-order chi connectivity index (χ1) is 10.8. The van der Waals surface area contributed by atoms with Crippen LogP contribution in [0.3, 0.4) is 0 Å². The third-order valence-electron chi connectivity index (χ3n) is 6.15. The zero-order chi connectivity index (χ0) is 16.9. The monoisotopic (exact) mass is 314 g/mol. The van der Waals surface area contributed by atoms with Crippen molar-refractivity contribution in [2.45, 2.75) is 64.7 Å². The van der Waals surface area contributed by atoms with Crippen molar-refractivity contribution in [3.63, 3.8) is 0 Å². The van der Waals surface area contributed by atoms with E-state index < -0.39 is 5.97 Å². The number of benzene rings is 1. The number of phenols is 1. The number of carboxylic acids is 1. The molecule has 1 aromatic rings. The van der Waals surface area contributed by atoms with Crippen molar-refractivity contribution in [2.75, 3.05) is 0 Å². The minimum atomic E-state index is -0.770. The third-order valence-corrected chi connectivity index (χ3v) is 6.15. The molecule has 0 amide bonds. The van der Waals surface area contributed by atoms with Crippen LogP contribution in [-0.4, -0.2) is 16.2 Å². The first kappa shape index (κ1) is 16.1. The molecule has 0 aromatic heterocycles. The van der Waals surface area contributed by atoms with Crippen LogP contribution in [0, 0.1) is 5.92 Å². The molecule has 0 bridgehead atoms. The largest absolute Gasteiger partial charge is 0.507 e. The number of rotatable bonds is 2. The fraction of sp³-hybridized carbons (Fsp3) is 0.550. The first-order valence-electron chi connectivity index (χ1n) is 8.55. The molecule has 124 valence electrons. The maximum atomic E-state index is 11.5. The fourth-order valence-corrected chi connectivity index (χ4v) is 4.77. The van der Waals surface area contributed by atoms with Crippen LogP contribution in [-0.2, 0) is 16.6 Å². The number of carboxylic acid groups (broad SMARTS) is 1. The molecule has 2 N–H and O–H groups in total. The van der Waals surface area contributed by atoms with Crippen molar-refractivity contribution in [1.29, 1.82) is 0 Å². The highest BCUT2D eigenvalue weighted by Gasteiger charge is 2.45.